The molecule has 156 valence electrons. The number of rotatable bonds is 6. The normalized spacial score (nSPS) is 18.6. The Balaban J connectivity index is 1.54. The van der Waals surface area contributed by atoms with Gasteiger partial charge in [0.15, 0.2) is 5.12 Å². The molecule has 1 heterocycles. The molecular weight excluding hydrogens is 424 g/mol. The third-order valence-corrected chi connectivity index (χ3v) is 7.01. The molecule has 3 aromatic carbocycles. The Hall–Kier alpha value is -2.58. The summed E-state index contributed by atoms with van der Waals surface area (Å²) in [6.45, 7) is 1.78. The van der Waals surface area contributed by atoms with Gasteiger partial charge in [0.05, 0.1) is 11.6 Å². The largest absolute Gasteiger partial charge is 0.295 e. The lowest BCUT2D eigenvalue weighted by Crippen LogP contribution is -2.29. The van der Waals surface area contributed by atoms with Crippen LogP contribution >= 0.6 is 23.4 Å². The Morgan fingerprint density at radius 3 is 2.42 bits per heavy atom. The molecule has 0 saturated carbocycles. The van der Waals surface area contributed by atoms with Gasteiger partial charge in [-0.3, -0.25) is 9.69 Å². The van der Waals surface area contributed by atoms with Gasteiger partial charge in [-0.2, -0.15) is 5.26 Å². The highest BCUT2D eigenvalue weighted by atomic mass is 35.5. The second-order valence-electron chi connectivity index (χ2n) is 7.72. The number of hydrogen-bond donors (Lipinski definition) is 0. The molecule has 0 amide bonds. The third kappa shape index (κ3) is 5.37. The summed E-state index contributed by atoms with van der Waals surface area (Å²) in [5, 5.41) is 10.00. The summed E-state index contributed by atoms with van der Waals surface area (Å²) < 4.78 is 0. The lowest BCUT2D eigenvalue weighted by molar-refractivity contribution is -0.115. The van der Waals surface area contributed by atoms with Gasteiger partial charge < -0.3 is 0 Å². The molecule has 0 radical (unpaired) electrons. The zero-order valence-corrected chi connectivity index (χ0v) is 18.6. The molecule has 1 aliphatic heterocycles. The SMILES string of the molecule is N#Cc1ccc([C@@H]2[C@@H](C(=O)Sc3ccc(Cl)cc3)CCN2CCc2ccccc2)cc1. The smallest absolute Gasteiger partial charge is 0.198 e. The highest BCUT2D eigenvalue weighted by Crippen LogP contribution is 2.41. The fourth-order valence-electron chi connectivity index (χ4n) is 4.16. The van der Waals surface area contributed by atoms with Crippen molar-refractivity contribution in [1.29, 1.82) is 5.26 Å². The molecule has 31 heavy (non-hydrogen) atoms. The predicted molar refractivity (Wildman–Crippen MR) is 126 cm³/mol. The lowest BCUT2D eigenvalue weighted by atomic mass is 9.94. The van der Waals surface area contributed by atoms with Crippen molar-refractivity contribution < 1.29 is 4.79 Å². The highest BCUT2D eigenvalue weighted by Gasteiger charge is 2.39. The second kappa shape index (κ2) is 10.2. The van der Waals surface area contributed by atoms with Crippen LogP contribution in [0.25, 0.3) is 0 Å². The number of hydrogen-bond acceptors (Lipinski definition) is 4. The molecule has 0 N–H and O–H groups in total. The van der Waals surface area contributed by atoms with E-state index in [1.54, 1.807) is 0 Å². The zero-order chi connectivity index (χ0) is 21.6. The van der Waals surface area contributed by atoms with Crippen molar-refractivity contribution in [2.24, 2.45) is 5.92 Å². The molecule has 5 heteroatoms. The van der Waals surface area contributed by atoms with Gasteiger partial charge in [0.1, 0.15) is 0 Å². The van der Waals surface area contributed by atoms with E-state index < -0.39 is 0 Å². The Morgan fingerprint density at radius 1 is 1.03 bits per heavy atom. The number of nitriles is 1. The average molecular weight is 447 g/mol. The van der Waals surface area contributed by atoms with Crippen molar-refractivity contribution in [2.75, 3.05) is 13.1 Å². The summed E-state index contributed by atoms with van der Waals surface area (Å²) in [5.41, 5.74) is 3.03. The van der Waals surface area contributed by atoms with Crippen LogP contribution < -0.4 is 0 Å². The monoisotopic (exact) mass is 446 g/mol. The second-order valence-corrected chi connectivity index (χ2v) is 9.23. The molecule has 4 rings (SSSR count). The van der Waals surface area contributed by atoms with Crippen molar-refractivity contribution in [3.05, 3.63) is 101 Å². The van der Waals surface area contributed by atoms with Gasteiger partial charge in [0, 0.05) is 28.4 Å². The fraction of sp³-hybridized carbons (Fsp3) is 0.231. The summed E-state index contributed by atoms with van der Waals surface area (Å²) in [7, 11) is 0. The van der Waals surface area contributed by atoms with Crippen LogP contribution in [-0.4, -0.2) is 23.1 Å². The average Bonchev–Trinajstić information content (AvgIpc) is 3.24. The minimum atomic E-state index is -0.0932. The maximum atomic E-state index is 13.3. The summed E-state index contributed by atoms with van der Waals surface area (Å²) in [4.78, 5) is 16.6. The van der Waals surface area contributed by atoms with Gasteiger partial charge in [-0.05, 0) is 66.9 Å². The number of nitrogens with zero attached hydrogens (tertiary/aromatic N) is 2. The van der Waals surface area contributed by atoms with Crippen molar-refractivity contribution in [1.82, 2.24) is 4.90 Å². The first-order valence-electron chi connectivity index (χ1n) is 10.4. The van der Waals surface area contributed by atoms with Crippen LogP contribution in [0.15, 0.2) is 83.8 Å². The van der Waals surface area contributed by atoms with Crippen molar-refractivity contribution in [3.8, 4) is 6.07 Å². The Bertz CT molecular complexity index is 1060. The molecule has 3 aromatic rings. The van der Waals surface area contributed by atoms with E-state index in [0.29, 0.717) is 10.6 Å². The number of carbonyl (C=O) groups excluding carboxylic acids is 1. The highest BCUT2D eigenvalue weighted by molar-refractivity contribution is 8.13. The van der Waals surface area contributed by atoms with Gasteiger partial charge in [0.25, 0.3) is 0 Å². The van der Waals surface area contributed by atoms with Gasteiger partial charge in [-0.15, -0.1) is 0 Å². The van der Waals surface area contributed by atoms with Crippen LogP contribution in [0.5, 0.6) is 0 Å². The summed E-state index contributed by atoms with van der Waals surface area (Å²) in [6.07, 6.45) is 1.78. The molecule has 0 bridgehead atoms. The maximum absolute atomic E-state index is 13.3. The van der Waals surface area contributed by atoms with Crippen LogP contribution in [-0.2, 0) is 11.2 Å². The predicted octanol–water partition coefficient (Wildman–Crippen LogP) is 6.14. The van der Waals surface area contributed by atoms with Crippen LogP contribution in [0.3, 0.4) is 0 Å². The van der Waals surface area contributed by atoms with Crippen molar-refractivity contribution in [3.63, 3.8) is 0 Å². The van der Waals surface area contributed by atoms with Gasteiger partial charge >= 0.3 is 0 Å². The molecule has 1 fully saturated rings. The lowest BCUT2D eigenvalue weighted by Gasteiger charge is -2.28. The number of carbonyl (C=O) groups is 1. The first kappa shape index (κ1) is 21.6. The van der Waals surface area contributed by atoms with Gasteiger partial charge in [-0.25, -0.2) is 0 Å². The van der Waals surface area contributed by atoms with E-state index in [4.69, 9.17) is 16.9 Å². The minimum Gasteiger partial charge on any atom is -0.295 e. The molecule has 1 saturated heterocycles. The first-order valence-corrected chi connectivity index (χ1v) is 11.6. The molecule has 0 aromatic heterocycles. The standard InChI is InChI=1S/C26H23ClN2OS/c27-22-10-12-23(13-11-22)31-26(30)24-15-17-29(16-14-19-4-2-1-3-5-19)25(24)21-8-6-20(18-28)7-9-21/h1-13,24-25H,14-17H2/t24-,25+/m0/s1. The van der Waals surface area contributed by atoms with E-state index in [2.05, 4.69) is 35.2 Å². The van der Waals surface area contributed by atoms with Gasteiger partial charge in [-0.1, -0.05) is 65.8 Å². The number of halogens is 1. The molecule has 0 spiro atoms. The Kier molecular flexibility index (Phi) is 7.09. The van der Waals surface area contributed by atoms with E-state index in [-0.39, 0.29) is 17.1 Å². The quantitative estimate of drug-likeness (QED) is 0.427. The van der Waals surface area contributed by atoms with Crippen molar-refractivity contribution in [2.45, 2.75) is 23.8 Å². The third-order valence-electron chi connectivity index (χ3n) is 5.75. The van der Waals surface area contributed by atoms with E-state index in [0.717, 1.165) is 36.4 Å². The molecule has 1 aliphatic rings. The number of likely N-dealkylation sites (tertiary alicyclic amines) is 1. The van der Waals surface area contributed by atoms with Crippen LogP contribution in [0.1, 0.15) is 29.2 Å². The van der Waals surface area contributed by atoms with E-state index in [1.807, 2.05) is 54.6 Å². The molecule has 0 aliphatic carbocycles. The van der Waals surface area contributed by atoms with Crippen LogP contribution in [0.2, 0.25) is 5.02 Å². The van der Waals surface area contributed by atoms with Crippen LogP contribution in [0, 0.1) is 17.2 Å². The summed E-state index contributed by atoms with van der Waals surface area (Å²) in [5.74, 6) is -0.0932. The zero-order valence-electron chi connectivity index (χ0n) is 17.1. The molecule has 0 unspecified atom stereocenters. The topological polar surface area (TPSA) is 44.1 Å². The minimum absolute atomic E-state index is 0.0174. The summed E-state index contributed by atoms with van der Waals surface area (Å²) >= 11 is 7.28. The fourth-order valence-corrected chi connectivity index (χ4v) is 5.19. The van der Waals surface area contributed by atoms with Crippen LogP contribution in [0.4, 0.5) is 0 Å². The van der Waals surface area contributed by atoms with E-state index >= 15 is 0 Å². The summed E-state index contributed by atoms with van der Waals surface area (Å²) in [6, 6.07) is 27.7. The van der Waals surface area contributed by atoms with Crippen molar-refractivity contribution >= 4 is 28.5 Å². The van der Waals surface area contributed by atoms with E-state index in [9.17, 15) is 4.79 Å². The first-order chi connectivity index (χ1) is 15.1. The molecule has 3 nitrogen and oxygen atoms in total. The van der Waals surface area contributed by atoms with E-state index in [1.165, 1.54) is 17.3 Å². The molecular formula is C26H23ClN2OS. The number of thioether (sulfide) groups is 1. The Morgan fingerprint density at radius 2 is 1.74 bits per heavy atom. The maximum Gasteiger partial charge on any atom is 0.198 e. The Labute approximate surface area is 192 Å². The van der Waals surface area contributed by atoms with Gasteiger partial charge in [0.2, 0.25) is 0 Å². The number of benzene rings is 3. The molecule has 2 atom stereocenters.